The minimum atomic E-state index is -2.57. The van der Waals surface area contributed by atoms with E-state index in [0.29, 0.717) is 18.9 Å². The molecule has 2 aromatic heterocycles. The number of benzene rings is 1. The molecule has 1 aromatic carbocycles. The lowest BCUT2D eigenvalue weighted by molar-refractivity contribution is 0.0642. The SMILES string of the molecule is Fc1ccc2c(C3=CCN(Cc4nccn4C(F)F)CC3)c[nH]c2c1. The predicted octanol–water partition coefficient (Wildman–Crippen LogP) is 4.19. The standard InChI is InChI=1S/C18H17F3N4/c19-13-1-2-14-15(10-23-16(14)9-13)12-3-6-24(7-4-12)11-17-22-5-8-25(17)18(20)21/h1-3,5,8-10,18,23H,4,6-7,11H2. The molecule has 0 aliphatic carbocycles. The normalized spacial score (nSPS) is 15.9. The van der Waals surface area contributed by atoms with Crippen molar-refractivity contribution in [3.05, 3.63) is 60.1 Å². The Kier molecular flexibility index (Phi) is 4.09. The van der Waals surface area contributed by atoms with Gasteiger partial charge in [-0.1, -0.05) is 6.08 Å². The maximum Gasteiger partial charge on any atom is 0.319 e. The monoisotopic (exact) mass is 346 g/mol. The maximum absolute atomic E-state index is 13.3. The molecule has 0 amide bonds. The largest absolute Gasteiger partial charge is 0.360 e. The molecular formula is C18H17F3N4. The first-order chi connectivity index (χ1) is 12.1. The molecule has 1 aliphatic heterocycles. The summed E-state index contributed by atoms with van der Waals surface area (Å²) in [5, 5.41) is 0.995. The summed E-state index contributed by atoms with van der Waals surface area (Å²) in [4.78, 5) is 9.21. The van der Waals surface area contributed by atoms with Gasteiger partial charge in [0, 0.05) is 48.1 Å². The number of aromatic nitrogens is 3. The molecule has 0 atom stereocenters. The Labute approximate surface area is 142 Å². The number of halogens is 3. The number of nitrogens with one attached hydrogen (secondary N) is 1. The van der Waals surface area contributed by atoms with Gasteiger partial charge in [-0.3, -0.25) is 9.47 Å². The summed E-state index contributed by atoms with van der Waals surface area (Å²) in [6.07, 6.45) is 7.51. The van der Waals surface area contributed by atoms with Crippen LogP contribution in [0.4, 0.5) is 13.2 Å². The average Bonchev–Trinajstić information content (AvgIpc) is 3.22. The number of H-pyrrole nitrogens is 1. The van der Waals surface area contributed by atoms with Gasteiger partial charge in [-0.15, -0.1) is 0 Å². The van der Waals surface area contributed by atoms with Gasteiger partial charge in [0.15, 0.2) is 0 Å². The number of hydrogen-bond donors (Lipinski definition) is 1. The molecule has 0 radical (unpaired) electrons. The molecule has 4 rings (SSSR count). The van der Waals surface area contributed by atoms with E-state index in [1.165, 1.54) is 30.1 Å². The molecule has 4 nitrogen and oxygen atoms in total. The van der Waals surface area contributed by atoms with Crippen LogP contribution in [0.3, 0.4) is 0 Å². The molecule has 0 saturated carbocycles. The second-order valence-corrected chi connectivity index (χ2v) is 6.14. The second kappa shape index (κ2) is 6.40. The van der Waals surface area contributed by atoms with Crippen molar-refractivity contribution in [2.45, 2.75) is 19.5 Å². The van der Waals surface area contributed by atoms with Crippen LogP contribution in [-0.2, 0) is 6.54 Å². The summed E-state index contributed by atoms with van der Waals surface area (Å²) in [7, 11) is 0. The summed E-state index contributed by atoms with van der Waals surface area (Å²) in [6.45, 7) is -0.755. The van der Waals surface area contributed by atoms with Gasteiger partial charge in [0.05, 0.1) is 6.54 Å². The second-order valence-electron chi connectivity index (χ2n) is 6.14. The van der Waals surface area contributed by atoms with Gasteiger partial charge in [0.2, 0.25) is 0 Å². The van der Waals surface area contributed by atoms with Gasteiger partial charge in [-0.2, -0.15) is 8.78 Å². The lowest BCUT2D eigenvalue weighted by Gasteiger charge is -2.26. The Morgan fingerprint density at radius 2 is 2.16 bits per heavy atom. The molecule has 3 aromatic rings. The molecule has 0 saturated heterocycles. The van der Waals surface area contributed by atoms with E-state index in [2.05, 4.69) is 20.9 Å². The average molecular weight is 346 g/mol. The van der Waals surface area contributed by atoms with Crippen LogP contribution in [-0.4, -0.2) is 32.5 Å². The molecule has 25 heavy (non-hydrogen) atoms. The Morgan fingerprint density at radius 3 is 2.92 bits per heavy atom. The Balaban J connectivity index is 1.51. The third-order valence-corrected chi connectivity index (χ3v) is 4.61. The van der Waals surface area contributed by atoms with Crippen LogP contribution >= 0.6 is 0 Å². The lowest BCUT2D eigenvalue weighted by atomic mass is 9.99. The zero-order valence-corrected chi connectivity index (χ0v) is 13.4. The van der Waals surface area contributed by atoms with Crippen molar-refractivity contribution in [1.82, 2.24) is 19.4 Å². The first-order valence-electron chi connectivity index (χ1n) is 8.10. The highest BCUT2D eigenvalue weighted by Crippen LogP contribution is 2.30. The number of imidazole rings is 1. The van der Waals surface area contributed by atoms with E-state index < -0.39 is 6.55 Å². The molecule has 0 unspecified atom stereocenters. The first kappa shape index (κ1) is 16.0. The molecule has 1 N–H and O–H groups in total. The van der Waals surface area contributed by atoms with Crippen LogP contribution < -0.4 is 0 Å². The molecule has 0 spiro atoms. The van der Waals surface area contributed by atoms with E-state index in [4.69, 9.17) is 0 Å². The van der Waals surface area contributed by atoms with Gasteiger partial charge in [-0.05, 0) is 30.2 Å². The van der Waals surface area contributed by atoms with Gasteiger partial charge in [-0.25, -0.2) is 9.37 Å². The summed E-state index contributed by atoms with van der Waals surface area (Å²) in [5.41, 5.74) is 3.03. The zero-order chi connectivity index (χ0) is 17.4. The summed E-state index contributed by atoms with van der Waals surface area (Å²) < 4.78 is 40.0. The highest BCUT2D eigenvalue weighted by molar-refractivity contribution is 5.92. The van der Waals surface area contributed by atoms with Crippen molar-refractivity contribution < 1.29 is 13.2 Å². The molecule has 7 heteroatoms. The third kappa shape index (κ3) is 3.07. The molecule has 0 fully saturated rings. The Morgan fingerprint density at radius 1 is 1.28 bits per heavy atom. The number of alkyl halides is 2. The quantitative estimate of drug-likeness (QED) is 0.769. The van der Waals surface area contributed by atoms with Gasteiger partial charge in [0.1, 0.15) is 11.6 Å². The van der Waals surface area contributed by atoms with Crippen LogP contribution in [0, 0.1) is 5.82 Å². The van der Waals surface area contributed by atoms with Crippen LogP contribution in [0.2, 0.25) is 0 Å². The summed E-state index contributed by atoms with van der Waals surface area (Å²) in [6, 6.07) is 4.72. The van der Waals surface area contributed by atoms with Crippen molar-refractivity contribution in [3.63, 3.8) is 0 Å². The van der Waals surface area contributed by atoms with E-state index in [1.807, 2.05) is 6.20 Å². The van der Waals surface area contributed by atoms with Crippen molar-refractivity contribution in [1.29, 1.82) is 0 Å². The van der Waals surface area contributed by atoms with Crippen LogP contribution in [0.5, 0.6) is 0 Å². The fourth-order valence-electron chi connectivity index (χ4n) is 3.31. The number of nitrogens with zero attached hydrogens (tertiary/aromatic N) is 3. The van der Waals surface area contributed by atoms with Crippen molar-refractivity contribution in [3.8, 4) is 0 Å². The maximum atomic E-state index is 13.3. The zero-order valence-electron chi connectivity index (χ0n) is 13.4. The van der Waals surface area contributed by atoms with Gasteiger partial charge in [0.25, 0.3) is 0 Å². The van der Waals surface area contributed by atoms with E-state index in [1.54, 1.807) is 6.07 Å². The predicted molar refractivity (Wildman–Crippen MR) is 89.6 cm³/mol. The fraction of sp³-hybridized carbons (Fsp3) is 0.278. The highest BCUT2D eigenvalue weighted by atomic mass is 19.3. The smallest absolute Gasteiger partial charge is 0.319 e. The Hall–Kier alpha value is -2.54. The number of fused-ring (bicyclic) bond motifs is 1. The topological polar surface area (TPSA) is 36.9 Å². The molecule has 0 bridgehead atoms. The lowest BCUT2D eigenvalue weighted by Crippen LogP contribution is -2.29. The molecule has 1 aliphatic rings. The van der Waals surface area contributed by atoms with Crippen LogP contribution in [0.15, 0.2) is 42.9 Å². The van der Waals surface area contributed by atoms with Gasteiger partial charge < -0.3 is 4.98 Å². The third-order valence-electron chi connectivity index (χ3n) is 4.61. The number of aromatic amines is 1. The molecule has 3 heterocycles. The van der Waals surface area contributed by atoms with Gasteiger partial charge >= 0.3 is 6.55 Å². The van der Waals surface area contributed by atoms with Crippen LogP contribution in [0.1, 0.15) is 24.4 Å². The number of hydrogen-bond acceptors (Lipinski definition) is 2. The fourth-order valence-corrected chi connectivity index (χ4v) is 3.31. The van der Waals surface area contributed by atoms with E-state index in [-0.39, 0.29) is 5.82 Å². The minimum absolute atomic E-state index is 0.265. The highest BCUT2D eigenvalue weighted by Gasteiger charge is 2.19. The summed E-state index contributed by atoms with van der Waals surface area (Å²) in [5.74, 6) is 0.105. The van der Waals surface area contributed by atoms with Crippen molar-refractivity contribution in [2.24, 2.45) is 0 Å². The first-order valence-corrected chi connectivity index (χ1v) is 8.10. The van der Waals surface area contributed by atoms with Crippen molar-refractivity contribution >= 4 is 16.5 Å². The number of rotatable bonds is 4. The van der Waals surface area contributed by atoms with E-state index in [9.17, 15) is 13.2 Å². The van der Waals surface area contributed by atoms with E-state index in [0.717, 1.165) is 34.0 Å². The van der Waals surface area contributed by atoms with Crippen LogP contribution in [0.25, 0.3) is 16.5 Å². The summed E-state index contributed by atoms with van der Waals surface area (Å²) >= 11 is 0. The van der Waals surface area contributed by atoms with E-state index >= 15 is 0 Å². The molecular weight excluding hydrogens is 329 g/mol. The molecule has 130 valence electrons. The minimum Gasteiger partial charge on any atom is -0.360 e. The Bertz CT molecular complexity index is 925. The van der Waals surface area contributed by atoms with Crippen molar-refractivity contribution in [2.75, 3.05) is 13.1 Å².